The molecule has 7 nitrogen and oxygen atoms in total. The van der Waals surface area contributed by atoms with Gasteiger partial charge in [-0.15, -0.1) is 0 Å². The Kier molecular flexibility index (Phi) is 5.55. The lowest BCUT2D eigenvalue weighted by molar-refractivity contribution is -0.138. The topological polar surface area (TPSA) is 104 Å². The Morgan fingerprint density at radius 3 is 2.46 bits per heavy atom. The fraction of sp³-hybridized carbons (Fsp3) is 0.467. The fourth-order valence-electron chi connectivity index (χ4n) is 2.43. The van der Waals surface area contributed by atoms with Crippen molar-refractivity contribution in [1.29, 1.82) is 0 Å². The highest BCUT2D eigenvalue weighted by Gasteiger charge is 2.29. The molecule has 132 valence electrons. The minimum atomic E-state index is -4.03. The van der Waals surface area contributed by atoms with Gasteiger partial charge in [0, 0.05) is 18.7 Å². The third kappa shape index (κ3) is 3.90. The maximum atomic E-state index is 14.0. The van der Waals surface area contributed by atoms with E-state index in [9.17, 15) is 22.4 Å². The molecule has 1 aromatic rings. The van der Waals surface area contributed by atoms with E-state index in [2.05, 4.69) is 5.32 Å². The monoisotopic (exact) mass is 358 g/mol. The number of sulfonamides is 1. The highest BCUT2D eigenvalue weighted by Crippen LogP contribution is 2.24. The summed E-state index contributed by atoms with van der Waals surface area (Å²) < 4.78 is 40.4. The molecule has 0 aromatic heterocycles. The molecule has 0 saturated carbocycles. The predicted molar refractivity (Wildman–Crippen MR) is 83.6 cm³/mol. The number of benzene rings is 1. The first-order chi connectivity index (χ1) is 11.2. The Morgan fingerprint density at radius 2 is 1.88 bits per heavy atom. The third-order valence-electron chi connectivity index (χ3n) is 3.84. The highest BCUT2D eigenvalue weighted by atomic mass is 32.2. The van der Waals surface area contributed by atoms with Gasteiger partial charge in [0.2, 0.25) is 10.0 Å². The van der Waals surface area contributed by atoms with E-state index in [-0.39, 0.29) is 5.56 Å². The molecule has 1 aromatic carbocycles. The van der Waals surface area contributed by atoms with E-state index in [0.29, 0.717) is 25.9 Å². The number of piperidine rings is 1. The second kappa shape index (κ2) is 7.27. The first-order valence-electron chi connectivity index (χ1n) is 7.57. The molecule has 0 radical (unpaired) electrons. The molecule has 1 fully saturated rings. The zero-order valence-electron chi connectivity index (χ0n) is 13.2. The molecule has 2 rings (SSSR count). The zero-order valence-corrected chi connectivity index (χ0v) is 14.0. The van der Waals surface area contributed by atoms with Gasteiger partial charge < -0.3 is 10.4 Å². The second-order valence-corrected chi connectivity index (χ2v) is 7.55. The van der Waals surface area contributed by atoms with Crippen LogP contribution in [-0.2, 0) is 14.8 Å². The van der Waals surface area contributed by atoms with E-state index < -0.39 is 38.7 Å². The summed E-state index contributed by atoms with van der Waals surface area (Å²) in [6.45, 7) is 1.90. The number of carbonyl (C=O) groups excluding carboxylic acids is 1. The lowest BCUT2D eigenvalue weighted by atomic mass is 10.2. The van der Waals surface area contributed by atoms with Crippen LogP contribution in [0.3, 0.4) is 0 Å². The molecule has 0 unspecified atom stereocenters. The van der Waals surface area contributed by atoms with E-state index in [1.165, 1.54) is 11.2 Å². The van der Waals surface area contributed by atoms with Gasteiger partial charge in [-0.25, -0.2) is 12.8 Å². The van der Waals surface area contributed by atoms with Crippen LogP contribution in [0.15, 0.2) is 23.1 Å². The van der Waals surface area contributed by atoms with E-state index >= 15 is 0 Å². The van der Waals surface area contributed by atoms with Crippen molar-refractivity contribution in [3.05, 3.63) is 29.6 Å². The van der Waals surface area contributed by atoms with Crippen molar-refractivity contribution in [2.24, 2.45) is 0 Å². The number of hydrogen-bond acceptors (Lipinski definition) is 4. The van der Waals surface area contributed by atoms with Crippen molar-refractivity contribution in [2.75, 3.05) is 13.1 Å². The standard InChI is InChI=1S/C15H19FN2O5S/c1-10(15(20)21)17-14(19)11-5-6-12(16)13(9-11)24(22,23)18-7-3-2-4-8-18/h5-6,9-10H,2-4,7-8H2,1H3,(H,17,19)(H,20,21)/t10-/m0/s1. The van der Waals surface area contributed by atoms with Crippen LogP contribution < -0.4 is 5.32 Å². The summed E-state index contributed by atoms with van der Waals surface area (Å²) in [4.78, 5) is 22.2. The van der Waals surface area contributed by atoms with Gasteiger partial charge in [-0.3, -0.25) is 9.59 Å². The van der Waals surface area contributed by atoms with Gasteiger partial charge in [0.15, 0.2) is 0 Å². The first kappa shape index (κ1) is 18.3. The maximum Gasteiger partial charge on any atom is 0.325 e. The summed E-state index contributed by atoms with van der Waals surface area (Å²) in [6, 6.07) is 1.82. The van der Waals surface area contributed by atoms with Crippen molar-refractivity contribution in [2.45, 2.75) is 37.1 Å². The summed E-state index contributed by atoms with van der Waals surface area (Å²) in [5.74, 6) is -2.95. The number of nitrogens with zero attached hydrogens (tertiary/aromatic N) is 1. The number of nitrogens with one attached hydrogen (secondary N) is 1. The molecule has 24 heavy (non-hydrogen) atoms. The predicted octanol–water partition coefficient (Wildman–Crippen LogP) is 1.20. The number of carboxylic acids is 1. The molecular formula is C15H19FN2O5S. The quantitative estimate of drug-likeness (QED) is 0.823. The summed E-state index contributed by atoms with van der Waals surface area (Å²) in [6.07, 6.45) is 2.33. The number of halogens is 1. The Labute approximate surface area is 139 Å². The minimum Gasteiger partial charge on any atom is -0.480 e. The molecule has 1 saturated heterocycles. The number of hydrogen-bond donors (Lipinski definition) is 2. The molecule has 1 atom stereocenters. The van der Waals surface area contributed by atoms with E-state index in [0.717, 1.165) is 24.6 Å². The maximum absolute atomic E-state index is 14.0. The van der Waals surface area contributed by atoms with Gasteiger partial charge in [-0.1, -0.05) is 6.42 Å². The average Bonchev–Trinajstić information content (AvgIpc) is 2.55. The molecular weight excluding hydrogens is 339 g/mol. The molecule has 0 aliphatic carbocycles. The van der Waals surface area contributed by atoms with Crippen LogP contribution in [0.25, 0.3) is 0 Å². The number of amides is 1. The first-order valence-corrected chi connectivity index (χ1v) is 9.01. The molecule has 0 spiro atoms. The van der Waals surface area contributed by atoms with Crippen molar-refractivity contribution < 1.29 is 27.5 Å². The zero-order chi connectivity index (χ0) is 17.9. The molecule has 0 bridgehead atoms. The van der Waals surface area contributed by atoms with Crippen LogP contribution in [0.5, 0.6) is 0 Å². The Balaban J connectivity index is 2.31. The van der Waals surface area contributed by atoms with Gasteiger partial charge in [0.25, 0.3) is 5.91 Å². The molecule has 1 heterocycles. The lowest BCUT2D eigenvalue weighted by Gasteiger charge is -2.26. The highest BCUT2D eigenvalue weighted by molar-refractivity contribution is 7.89. The van der Waals surface area contributed by atoms with Gasteiger partial charge in [0.05, 0.1) is 0 Å². The van der Waals surface area contributed by atoms with E-state index in [1.54, 1.807) is 0 Å². The molecule has 1 aliphatic heterocycles. The van der Waals surface area contributed by atoms with Crippen LogP contribution >= 0.6 is 0 Å². The number of carboxylic acid groups (broad SMARTS) is 1. The van der Waals surface area contributed by atoms with E-state index in [4.69, 9.17) is 5.11 Å². The Hall–Kier alpha value is -2.00. The fourth-order valence-corrected chi connectivity index (χ4v) is 4.04. The molecule has 1 aliphatic rings. The normalized spacial score (nSPS) is 17.2. The van der Waals surface area contributed by atoms with Crippen LogP contribution in [-0.4, -0.2) is 48.8 Å². The largest absolute Gasteiger partial charge is 0.480 e. The summed E-state index contributed by atoms with van der Waals surface area (Å²) in [5.41, 5.74) is -0.111. The smallest absolute Gasteiger partial charge is 0.325 e. The van der Waals surface area contributed by atoms with E-state index in [1.807, 2.05) is 0 Å². The molecule has 1 amide bonds. The van der Waals surface area contributed by atoms with Crippen LogP contribution in [0, 0.1) is 5.82 Å². The lowest BCUT2D eigenvalue weighted by Crippen LogP contribution is -2.38. The van der Waals surface area contributed by atoms with Crippen molar-refractivity contribution in [1.82, 2.24) is 9.62 Å². The number of rotatable bonds is 5. The van der Waals surface area contributed by atoms with Gasteiger partial charge >= 0.3 is 5.97 Å². The third-order valence-corrected chi connectivity index (χ3v) is 5.76. The minimum absolute atomic E-state index is 0.111. The number of carbonyl (C=O) groups is 2. The summed E-state index contributed by atoms with van der Waals surface area (Å²) in [5, 5.41) is 11.0. The summed E-state index contributed by atoms with van der Waals surface area (Å²) >= 11 is 0. The Bertz CT molecular complexity index is 744. The molecule has 2 N–H and O–H groups in total. The van der Waals surface area contributed by atoms with Crippen LogP contribution in [0.1, 0.15) is 36.5 Å². The summed E-state index contributed by atoms with van der Waals surface area (Å²) in [7, 11) is -4.03. The van der Waals surface area contributed by atoms with Crippen molar-refractivity contribution in [3.8, 4) is 0 Å². The molecule has 9 heteroatoms. The van der Waals surface area contributed by atoms with Gasteiger partial charge in [-0.2, -0.15) is 4.31 Å². The number of aliphatic carboxylic acids is 1. The SMILES string of the molecule is C[C@H](NC(=O)c1ccc(F)c(S(=O)(=O)N2CCCCC2)c1)C(=O)O. The Morgan fingerprint density at radius 1 is 1.25 bits per heavy atom. The van der Waals surface area contributed by atoms with Crippen molar-refractivity contribution in [3.63, 3.8) is 0 Å². The van der Waals surface area contributed by atoms with Crippen LogP contribution in [0.4, 0.5) is 4.39 Å². The average molecular weight is 358 g/mol. The van der Waals surface area contributed by atoms with Gasteiger partial charge in [0.1, 0.15) is 16.8 Å². The second-order valence-electron chi connectivity index (χ2n) is 5.64. The van der Waals surface area contributed by atoms with Gasteiger partial charge in [-0.05, 0) is 38.0 Å². The van der Waals surface area contributed by atoms with Crippen molar-refractivity contribution >= 4 is 21.9 Å². The van der Waals surface area contributed by atoms with Crippen LogP contribution in [0.2, 0.25) is 0 Å².